The average Bonchev–Trinajstić information content (AvgIpc) is 2.66. The van der Waals surface area contributed by atoms with E-state index in [0.29, 0.717) is 0 Å². The number of terminal acetylenes is 1. The lowest BCUT2D eigenvalue weighted by molar-refractivity contribution is 1.11. The number of nitrogens with one attached hydrogen (secondary N) is 2. The van der Waals surface area contributed by atoms with Gasteiger partial charge in [-0.2, -0.15) is 0 Å². The monoisotopic (exact) mass is 312 g/mol. The zero-order chi connectivity index (χ0) is 16.6. The highest BCUT2D eigenvalue weighted by Crippen LogP contribution is 2.13. The van der Waals surface area contributed by atoms with Crippen LogP contribution in [-0.2, 0) is 13.1 Å². The molecule has 0 atom stereocenters. The summed E-state index contributed by atoms with van der Waals surface area (Å²) in [5.41, 5.74) is 5.57. The fourth-order valence-electron chi connectivity index (χ4n) is 2.46. The topological polar surface area (TPSA) is 24.1 Å². The Bertz CT molecular complexity index is 815. The molecule has 2 nitrogen and oxygen atoms in total. The minimum Gasteiger partial charge on any atom is -0.381 e. The molecule has 0 aliphatic rings. The second-order valence-electron chi connectivity index (χ2n) is 5.61. The first-order valence-electron chi connectivity index (χ1n) is 8.01. The summed E-state index contributed by atoms with van der Waals surface area (Å²) < 4.78 is 0. The molecule has 2 heteroatoms. The average molecular weight is 312 g/mol. The number of para-hydroxylation sites is 1. The van der Waals surface area contributed by atoms with E-state index in [9.17, 15) is 0 Å². The van der Waals surface area contributed by atoms with E-state index in [0.717, 1.165) is 30.0 Å². The van der Waals surface area contributed by atoms with E-state index in [1.807, 2.05) is 42.5 Å². The zero-order valence-electron chi connectivity index (χ0n) is 13.5. The number of benzene rings is 3. The van der Waals surface area contributed by atoms with Gasteiger partial charge in [0, 0.05) is 30.0 Å². The van der Waals surface area contributed by atoms with Crippen LogP contribution in [0.4, 0.5) is 11.4 Å². The smallest absolute Gasteiger partial charge is 0.0400 e. The van der Waals surface area contributed by atoms with Gasteiger partial charge in [-0.25, -0.2) is 0 Å². The first-order chi connectivity index (χ1) is 11.8. The van der Waals surface area contributed by atoms with Crippen LogP contribution in [-0.4, -0.2) is 0 Å². The summed E-state index contributed by atoms with van der Waals surface area (Å²) in [4.78, 5) is 0. The number of hydrogen-bond donors (Lipinski definition) is 2. The Balaban J connectivity index is 1.53. The first kappa shape index (κ1) is 15.7. The molecule has 0 amide bonds. The van der Waals surface area contributed by atoms with E-state index in [2.05, 4.69) is 53.0 Å². The molecule has 0 aliphatic heterocycles. The van der Waals surface area contributed by atoms with Gasteiger partial charge in [0.25, 0.3) is 0 Å². The van der Waals surface area contributed by atoms with Crippen LogP contribution in [0.25, 0.3) is 0 Å². The van der Waals surface area contributed by atoms with Crippen LogP contribution >= 0.6 is 0 Å². The summed E-state index contributed by atoms with van der Waals surface area (Å²) in [6, 6.07) is 26.8. The molecule has 24 heavy (non-hydrogen) atoms. The van der Waals surface area contributed by atoms with Crippen molar-refractivity contribution < 1.29 is 0 Å². The van der Waals surface area contributed by atoms with Crippen LogP contribution < -0.4 is 10.6 Å². The lowest BCUT2D eigenvalue weighted by Crippen LogP contribution is -2.01. The third-order valence-corrected chi connectivity index (χ3v) is 3.82. The van der Waals surface area contributed by atoms with Crippen molar-refractivity contribution in [3.05, 3.63) is 95.6 Å². The van der Waals surface area contributed by atoms with Gasteiger partial charge < -0.3 is 10.6 Å². The molecule has 0 saturated heterocycles. The Morgan fingerprint density at radius 1 is 0.667 bits per heavy atom. The van der Waals surface area contributed by atoms with E-state index in [4.69, 9.17) is 6.42 Å². The molecule has 0 radical (unpaired) electrons. The quantitative estimate of drug-likeness (QED) is 0.633. The molecule has 2 N–H and O–H groups in total. The normalized spacial score (nSPS) is 9.96. The maximum atomic E-state index is 5.43. The van der Waals surface area contributed by atoms with Crippen molar-refractivity contribution in [1.29, 1.82) is 0 Å². The van der Waals surface area contributed by atoms with Crippen molar-refractivity contribution in [2.24, 2.45) is 0 Å². The van der Waals surface area contributed by atoms with E-state index in [1.165, 1.54) is 11.1 Å². The molecule has 0 aromatic heterocycles. The van der Waals surface area contributed by atoms with Gasteiger partial charge in [-0.3, -0.25) is 0 Å². The molecular formula is C22H20N2. The van der Waals surface area contributed by atoms with Gasteiger partial charge in [-0.1, -0.05) is 54.5 Å². The summed E-state index contributed by atoms with van der Waals surface area (Å²) >= 11 is 0. The minimum absolute atomic E-state index is 0.778. The van der Waals surface area contributed by atoms with Crippen LogP contribution in [0.2, 0.25) is 0 Å². The van der Waals surface area contributed by atoms with Gasteiger partial charge >= 0.3 is 0 Å². The lowest BCUT2D eigenvalue weighted by atomic mass is 10.1. The number of anilines is 2. The van der Waals surface area contributed by atoms with Crippen LogP contribution in [0.1, 0.15) is 16.7 Å². The highest BCUT2D eigenvalue weighted by atomic mass is 14.9. The number of rotatable bonds is 6. The van der Waals surface area contributed by atoms with Crippen molar-refractivity contribution in [1.82, 2.24) is 0 Å². The van der Waals surface area contributed by atoms with Crippen molar-refractivity contribution in [2.75, 3.05) is 10.6 Å². The SMILES string of the molecule is C#Cc1cccc(NCc2ccc(CNc3ccccc3)cc2)c1. The maximum absolute atomic E-state index is 5.43. The van der Waals surface area contributed by atoms with Crippen molar-refractivity contribution in [2.45, 2.75) is 13.1 Å². The third kappa shape index (κ3) is 4.41. The molecule has 0 spiro atoms. The van der Waals surface area contributed by atoms with Gasteiger partial charge in [0.1, 0.15) is 0 Å². The highest BCUT2D eigenvalue weighted by molar-refractivity contribution is 5.50. The van der Waals surface area contributed by atoms with E-state index in [1.54, 1.807) is 0 Å². The standard InChI is InChI=1S/C22H20N2/c1-2-18-7-6-10-22(15-18)24-17-20-13-11-19(12-14-20)16-23-21-8-4-3-5-9-21/h1,3-15,23-24H,16-17H2. The Hall–Kier alpha value is -3.18. The van der Waals surface area contributed by atoms with Crippen molar-refractivity contribution in [3.63, 3.8) is 0 Å². The van der Waals surface area contributed by atoms with Gasteiger partial charge in [0.15, 0.2) is 0 Å². The number of hydrogen-bond acceptors (Lipinski definition) is 2. The molecule has 118 valence electrons. The summed E-state index contributed by atoms with van der Waals surface area (Å²) in [7, 11) is 0. The molecule has 0 bridgehead atoms. The Labute approximate surface area is 143 Å². The van der Waals surface area contributed by atoms with E-state index < -0.39 is 0 Å². The van der Waals surface area contributed by atoms with Crippen LogP contribution in [0.3, 0.4) is 0 Å². The molecule has 3 aromatic carbocycles. The Morgan fingerprint density at radius 3 is 1.88 bits per heavy atom. The van der Waals surface area contributed by atoms with Gasteiger partial charge in [0.2, 0.25) is 0 Å². The van der Waals surface area contributed by atoms with Crippen molar-refractivity contribution >= 4 is 11.4 Å². The molecular weight excluding hydrogens is 292 g/mol. The molecule has 0 unspecified atom stereocenters. The largest absolute Gasteiger partial charge is 0.381 e. The fraction of sp³-hybridized carbons (Fsp3) is 0.0909. The third-order valence-electron chi connectivity index (χ3n) is 3.82. The van der Waals surface area contributed by atoms with Crippen molar-refractivity contribution in [3.8, 4) is 12.3 Å². The summed E-state index contributed by atoms with van der Waals surface area (Å²) in [6.45, 7) is 1.60. The Morgan fingerprint density at radius 2 is 1.25 bits per heavy atom. The van der Waals surface area contributed by atoms with Gasteiger partial charge in [0.05, 0.1) is 0 Å². The summed E-state index contributed by atoms with van der Waals surface area (Å²) in [5, 5.41) is 6.82. The molecule has 0 heterocycles. The van der Waals surface area contributed by atoms with Crippen LogP contribution in [0.5, 0.6) is 0 Å². The van der Waals surface area contributed by atoms with Gasteiger partial charge in [-0.05, 0) is 41.5 Å². The summed E-state index contributed by atoms with van der Waals surface area (Å²) in [5.74, 6) is 2.65. The van der Waals surface area contributed by atoms with Crippen LogP contribution in [0.15, 0.2) is 78.9 Å². The lowest BCUT2D eigenvalue weighted by Gasteiger charge is -2.09. The molecule has 3 aromatic rings. The van der Waals surface area contributed by atoms with E-state index in [-0.39, 0.29) is 0 Å². The first-order valence-corrected chi connectivity index (χ1v) is 8.01. The Kier molecular flexibility index (Phi) is 5.17. The van der Waals surface area contributed by atoms with E-state index >= 15 is 0 Å². The van der Waals surface area contributed by atoms with Crippen LogP contribution in [0, 0.1) is 12.3 Å². The zero-order valence-corrected chi connectivity index (χ0v) is 13.5. The summed E-state index contributed by atoms with van der Waals surface area (Å²) in [6.07, 6.45) is 5.43. The molecule has 0 fully saturated rings. The predicted molar refractivity (Wildman–Crippen MR) is 102 cm³/mol. The second kappa shape index (κ2) is 7.89. The second-order valence-corrected chi connectivity index (χ2v) is 5.61. The minimum atomic E-state index is 0.778. The molecule has 0 aliphatic carbocycles. The predicted octanol–water partition coefficient (Wildman–Crippen LogP) is 4.89. The van der Waals surface area contributed by atoms with Gasteiger partial charge in [-0.15, -0.1) is 6.42 Å². The molecule has 3 rings (SSSR count). The fourth-order valence-corrected chi connectivity index (χ4v) is 2.46. The molecule has 0 saturated carbocycles. The highest BCUT2D eigenvalue weighted by Gasteiger charge is 1.97. The maximum Gasteiger partial charge on any atom is 0.0400 e.